The summed E-state index contributed by atoms with van der Waals surface area (Å²) in [5.41, 5.74) is 0.272. The number of aromatic nitrogens is 3. The molecule has 1 N–H and O–H groups in total. The van der Waals surface area contributed by atoms with Crippen LogP contribution in [0.2, 0.25) is 0 Å². The first-order valence-electron chi connectivity index (χ1n) is 7.39. The molecule has 0 radical (unpaired) electrons. The Morgan fingerprint density at radius 1 is 0.880 bits per heavy atom. The molecule has 0 spiro atoms. The standard InChI is InChI=1S/C18H10F3N3O/c19-18(20,21)11-6-8-13-10(9-11)5-7-15(22-13)16-23-14-4-2-1-3-12(14)17(25)24-16/h1-9H,(H,23,24,25). The third-order valence-corrected chi connectivity index (χ3v) is 3.87. The Morgan fingerprint density at radius 3 is 2.48 bits per heavy atom. The van der Waals surface area contributed by atoms with Crippen molar-refractivity contribution in [2.24, 2.45) is 0 Å². The lowest BCUT2D eigenvalue weighted by atomic mass is 10.1. The molecule has 2 aromatic heterocycles. The first kappa shape index (κ1) is 15.3. The van der Waals surface area contributed by atoms with Crippen molar-refractivity contribution in [2.75, 3.05) is 0 Å². The van der Waals surface area contributed by atoms with Gasteiger partial charge in [0.2, 0.25) is 0 Å². The van der Waals surface area contributed by atoms with Crippen molar-refractivity contribution < 1.29 is 13.2 Å². The predicted octanol–water partition coefficient (Wildman–Crippen LogP) is 4.16. The van der Waals surface area contributed by atoms with E-state index in [1.807, 2.05) is 0 Å². The molecule has 0 amide bonds. The molecule has 0 unspecified atom stereocenters. The maximum Gasteiger partial charge on any atom is 0.416 e. The highest BCUT2D eigenvalue weighted by molar-refractivity contribution is 5.83. The number of nitrogens with one attached hydrogen (secondary N) is 1. The van der Waals surface area contributed by atoms with E-state index in [2.05, 4.69) is 15.0 Å². The fraction of sp³-hybridized carbons (Fsp3) is 0.0556. The number of aromatic amines is 1. The van der Waals surface area contributed by atoms with Gasteiger partial charge in [0.25, 0.3) is 5.56 Å². The summed E-state index contributed by atoms with van der Waals surface area (Å²) in [5.74, 6) is 0.269. The lowest BCUT2D eigenvalue weighted by Crippen LogP contribution is -2.10. The average molecular weight is 341 g/mol. The molecule has 0 aliphatic rings. The number of hydrogen-bond acceptors (Lipinski definition) is 3. The Labute approximate surface area is 139 Å². The van der Waals surface area contributed by atoms with Crippen LogP contribution in [0.1, 0.15) is 5.56 Å². The molecule has 25 heavy (non-hydrogen) atoms. The molecule has 0 saturated carbocycles. The van der Waals surface area contributed by atoms with E-state index in [0.717, 1.165) is 12.1 Å². The molecule has 124 valence electrons. The largest absolute Gasteiger partial charge is 0.416 e. The molecule has 4 rings (SSSR count). The van der Waals surface area contributed by atoms with Gasteiger partial charge in [0.15, 0.2) is 5.82 Å². The number of para-hydroxylation sites is 1. The van der Waals surface area contributed by atoms with Crippen LogP contribution in [0.3, 0.4) is 0 Å². The van der Waals surface area contributed by atoms with Crippen molar-refractivity contribution in [2.45, 2.75) is 6.18 Å². The molecule has 0 aliphatic carbocycles. The lowest BCUT2D eigenvalue weighted by Gasteiger charge is -2.08. The summed E-state index contributed by atoms with van der Waals surface area (Å²) in [6.07, 6.45) is -4.40. The van der Waals surface area contributed by atoms with Crippen LogP contribution in [0.15, 0.2) is 59.4 Å². The van der Waals surface area contributed by atoms with Gasteiger partial charge in [0.05, 0.1) is 22.0 Å². The van der Waals surface area contributed by atoms with Crippen LogP contribution in [-0.2, 0) is 6.18 Å². The van der Waals surface area contributed by atoms with Crippen molar-refractivity contribution in [1.82, 2.24) is 15.0 Å². The van der Waals surface area contributed by atoms with Crippen molar-refractivity contribution in [3.05, 3.63) is 70.5 Å². The highest BCUT2D eigenvalue weighted by atomic mass is 19.4. The van der Waals surface area contributed by atoms with E-state index in [1.165, 1.54) is 18.2 Å². The van der Waals surface area contributed by atoms with Crippen LogP contribution in [0.25, 0.3) is 33.3 Å². The maximum absolute atomic E-state index is 12.8. The van der Waals surface area contributed by atoms with Gasteiger partial charge >= 0.3 is 6.18 Å². The zero-order valence-corrected chi connectivity index (χ0v) is 12.6. The third kappa shape index (κ3) is 2.73. The molecule has 0 bridgehead atoms. The number of H-pyrrole nitrogens is 1. The quantitative estimate of drug-likeness (QED) is 0.566. The first-order chi connectivity index (χ1) is 11.9. The van der Waals surface area contributed by atoms with Gasteiger partial charge in [-0.15, -0.1) is 0 Å². The molecule has 4 aromatic rings. The molecule has 0 fully saturated rings. The second-order valence-electron chi connectivity index (χ2n) is 5.53. The van der Waals surface area contributed by atoms with E-state index in [1.54, 1.807) is 24.3 Å². The summed E-state index contributed by atoms with van der Waals surface area (Å²) in [6, 6.07) is 13.3. The predicted molar refractivity (Wildman–Crippen MR) is 88.1 cm³/mol. The van der Waals surface area contributed by atoms with E-state index in [4.69, 9.17) is 0 Å². The van der Waals surface area contributed by atoms with Crippen LogP contribution in [0.4, 0.5) is 13.2 Å². The summed E-state index contributed by atoms with van der Waals surface area (Å²) in [6.45, 7) is 0. The fourth-order valence-electron chi connectivity index (χ4n) is 2.64. The van der Waals surface area contributed by atoms with Gasteiger partial charge in [0.1, 0.15) is 5.69 Å². The van der Waals surface area contributed by atoms with Crippen molar-refractivity contribution in [1.29, 1.82) is 0 Å². The molecule has 0 saturated heterocycles. The van der Waals surface area contributed by atoms with E-state index in [0.29, 0.717) is 27.5 Å². The third-order valence-electron chi connectivity index (χ3n) is 3.87. The summed E-state index contributed by atoms with van der Waals surface area (Å²) in [4.78, 5) is 23.5. The van der Waals surface area contributed by atoms with Gasteiger partial charge in [-0.25, -0.2) is 9.97 Å². The van der Waals surface area contributed by atoms with Crippen molar-refractivity contribution in [3.8, 4) is 11.5 Å². The first-order valence-corrected chi connectivity index (χ1v) is 7.39. The van der Waals surface area contributed by atoms with E-state index >= 15 is 0 Å². The minimum absolute atomic E-state index is 0.269. The Balaban J connectivity index is 1.86. The van der Waals surface area contributed by atoms with E-state index in [-0.39, 0.29) is 11.4 Å². The van der Waals surface area contributed by atoms with Crippen molar-refractivity contribution >= 4 is 21.8 Å². The summed E-state index contributed by atoms with van der Waals surface area (Å²) in [5, 5.41) is 0.823. The van der Waals surface area contributed by atoms with Crippen molar-refractivity contribution in [3.63, 3.8) is 0 Å². The van der Waals surface area contributed by atoms with E-state index < -0.39 is 11.7 Å². The number of halogens is 3. The second kappa shape index (κ2) is 5.41. The SMILES string of the molecule is O=c1[nH]c(-c2ccc3cc(C(F)(F)F)ccc3n2)nc2ccccc12. The van der Waals surface area contributed by atoms with Crippen LogP contribution < -0.4 is 5.56 Å². The van der Waals surface area contributed by atoms with Gasteiger partial charge in [0, 0.05) is 5.39 Å². The number of nitrogens with zero attached hydrogens (tertiary/aromatic N) is 2. The topological polar surface area (TPSA) is 58.6 Å². The number of benzene rings is 2. The van der Waals surface area contributed by atoms with E-state index in [9.17, 15) is 18.0 Å². The number of rotatable bonds is 1. The monoisotopic (exact) mass is 341 g/mol. The molecular formula is C18H10F3N3O. The molecule has 2 heterocycles. The van der Waals surface area contributed by atoms with Gasteiger partial charge in [-0.2, -0.15) is 13.2 Å². The molecule has 0 atom stereocenters. The molecular weight excluding hydrogens is 331 g/mol. The average Bonchev–Trinajstić information content (AvgIpc) is 2.60. The summed E-state index contributed by atoms with van der Waals surface area (Å²) >= 11 is 0. The van der Waals surface area contributed by atoms with Crippen LogP contribution in [0, 0.1) is 0 Å². The summed E-state index contributed by atoms with van der Waals surface area (Å²) in [7, 11) is 0. The van der Waals surface area contributed by atoms with Gasteiger partial charge in [-0.05, 0) is 36.4 Å². The Hall–Kier alpha value is -3.22. The maximum atomic E-state index is 12.8. The Bertz CT molecular complexity index is 1170. The Kier molecular flexibility index (Phi) is 3.31. The highest BCUT2D eigenvalue weighted by Gasteiger charge is 2.30. The smallest absolute Gasteiger partial charge is 0.305 e. The summed E-state index contributed by atoms with van der Waals surface area (Å²) < 4.78 is 38.3. The van der Waals surface area contributed by atoms with Gasteiger partial charge in [-0.1, -0.05) is 18.2 Å². The number of hydrogen-bond donors (Lipinski definition) is 1. The normalized spacial score (nSPS) is 12.0. The van der Waals surface area contributed by atoms with Crippen LogP contribution in [0.5, 0.6) is 0 Å². The zero-order chi connectivity index (χ0) is 17.6. The molecule has 2 aromatic carbocycles. The lowest BCUT2D eigenvalue weighted by molar-refractivity contribution is -0.137. The fourth-order valence-corrected chi connectivity index (χ4v) is 2.64. The van der Waals surface area contributed by atoms with Crippen LogP contribution >= 0.6 is 0 Å². The molecule has 7 heteroatoms. The minimum atomic E-state index is -4.40. The number of alkyl halides is 3. The van der Waals surface area contributed by atoms with Gasteiger partial charge < -0.3 is 4.98 Å². The number of pyridine rings is 1. The Morgan fingerprint density at radius 2 is 1.68 bits per heavy atom. The zero-order valence-electron chi connectivity index (χ0n) is 12.6. The van der Waals surface area contributed by atoms with Gasteiger partial charge in [-0.3, -0.25) is 4.79 Å². The van der Waals surface area contributed by atoms with Crippen LogP contribution in [-0.4, -0.2) is 15.0 Å². The molecule has 4 nitrogen and oxygen atoms in total. The second-order valence-corrected chi connectivity index (χ2v) is 5.53. The minimum Gasteiger partial charge on any atom is -0.305 e. The highest BCUT2D eigenvalue weighted by Crippen LogP contribution is 2.31. The molecule has 0 aliphatic heterocycles. The number of fused-ring (bicyclic) bond motifs is 2.